The molecule has 0 fully saturated rings. The number of para-hydroxylation sites is 1. The topological polar surface area (TPSA) is 93.8 Å². The van der Waals surface area contributed by atoms with Crippen LogP contribution in [0.2, 0.25) is 0 Å². The zero-order valence-corrected chi connectivity index (χ0v) is 16.6. The van der Waals surface area contributed by atoms with Crippen LogP contribution in [0.3, 0.4) is 0 Å². The maximum Gasteiger partial charge on any atom is 0.279 e. The Balaban J connectivity index is 1.56. The first-order valence-electron chi connectivity index (χ1n) is 9.29. The molecule has 0 radical (unpaired) electrons. The molecule has 0 aliphatic heterocycles. The molecule has 9 nitrogen and oxygen atoms in total. The van der Waals surface area contributed by atoms with E-state index in [1.807, 2.05) is 57.5 Å². The highest BCUT2D eigenvalue weighted by Gasteiger charge is 2.19. The Morgan fingerprint density at radius 3 is 2.83 bits per heavy atom. The van der Waals surface area contributed by atoms with Crippen molar-refractivity contribution in [2.75, 3.05) is 26.0 Å². The van der Waals surface area contributed by atoms with Crippen molar-refractivity contribution in [3.8, 4) is 5.69 Å². The fraction of sp³-hybridized carbons (Fsp3) is 0.250. The standard InChI is InChI=1S/C20H22N8O/c1-14-18(20(29)22-17-9-11-27(24-17)13-12-26(2)3)23-25-28(14)16-8-4-6-15-7-5-10-21-19(15)16/h4-11H,12-13H2,1-3H3,(H,22,24,29). The van der Waals surface area contributed by atoms with Gasteiger partial charge in [-0.2, -0.15) is 5.10 Å². The molecule has 1 aromatic carbocycles. The van der Waals surface area contributed by atoms with E-state index in [1.54, 1.807) is 21.6 Å². The Labute approximate surface area is 168 Å². The van der Waals surface area contributed by atoms with Crippen molar-refractivity contribution < 1.29 is 4.79 Å². The summed E-state index contributed by atoms with van der Waals surface area (Å²) in [4.78, 5) is 19.2. The van der Waals surface area contributed by atoms with E-state index in [0.717, 1.165) is 29.7 Å². The minimum Gasteiger partial charge on any atom is -0.308 e. The van der Waals surface area contributed by atoms with Gasteiger partial charge in [-0.25, -0.2) is 4.68 Å². The summed E-state index contributed by atoms with van der Waals surface area (Å²) in [6.07, 6.45) is 3.57. The summed E-state index contributed by atoms with van der Waals surface area (Å²) in [6, 6.07) is 11.5. The van der Waals surface area contributed by atoms with Gasteiger partial charge >= 0.3 is 0 Å². The average molecular weight is 390 g/mol. The Morgan fingerprint density at radius 2 is 2.00 bits per heavy atom. The molecule has 0 atom stereocenters. The molecule has 4 rings (SSSR count). The van der Waals surface area contributed by atoms with Crippen LogP contribution in [0.4, 0.5) is 5.82 Å². The predicted molar refractivity (Wildman–Crippen MR) is 110 cm³/mol. The molecule has 0 saturated carbocycles. The summed E-state index contributed by atoms with van der Waals surface area (Å²) >= 11 is 0. The number of carbonyl (C=O) groups is 1. The first kappa shape index (κ1) is 18.8. The number of hydrogen-bond donors (Lipinski definition) is 1. The third-order valence-electron chi connectivity index (χ3n) is 4.61. The molecule has 148 valence electrons. The molecule has 0 unspecified atom stereocenters. The lowest BCUT2D eigenvalue weighted by atomic mass is 10.2. The lowest BCUT2D eigenvalue weighted by Gasteiger charge is -2.08. The Morgan fingerprint density at radius 1 is 1.17 bits per heavy atom. The van der Waals surface area contributed by atoms with Gasteiger partial charge in [0.25, 0.3) is 5.91 Å². The minimum atomic E-state index is -0.347. The molecule has 0 bridgehead atoms. The fourth-order valence-corrected chi connectivity index (χ4v) is 3.06. The van der Waals surface area contributed by atoms with Gasteiger partial charge in [-0.1, -0.05) is 23.4 Å². The van der Waals surface area contributed by atoms with Gasteiger partial charge in [0, 0.05) is 30.4 Å². The molecule has 3 heterocycles. The van der Waals surface area contributed by atoms with E-state index in [-0.39, 0.29) is 11.6 Å². The van der Waals surface area contributed by atoms with E-state index in [2.05, 4.69) is 30.6 Å². The third kappa shape index (κ3) is 3.85. The number of benzene rings is 1. The van der Waals surface area contributed by atoms with E-state index in [1.165, 1.54) is 0 Å². The van der Waals surface area contributed by atoms with E-state index in [9.17, 15) is 4.79 Å². The van der Waals surface area contributed by atoms with Crippen molar-refractivity contribution in [1.82, 2.24) is 34.7 Å². The second-order valence-corrected chi connectivity index (χ2v) is 7.01. The summed E-state index contributed by atoms with van der Waals surface area (Å²) < 4.78 is 3.43. The van der Waals surface area contributed by atoms with Gasteiger partial charge in [-0.05, 0) is 33.2 Å². The highest BCUT2D eigenvalue weighted by atomic mass is 16.2. The molecule has 4 aromatic rings. The number of hydrogen-bond acceptors (Lipinski definition) is 6. The van der Waals surface area contributed by atoms with Gasteiger partial charge in [0.2, 0.25) is 0 Å². The van der Waals surface area contributed by atoms with Crippen molar-refractivity contribution in [1.29, 1.82) is 0 Å². The van der Waals surface area contributed by atoms with Crippen LogP contribution in [0, 0.1) is 6.92 Å². The number of fused-ring (bicyclic) bond motifs is 1. The normalized spacial score (nSPS) is 11.3. The first-order chi connectivity index (χ1) is 14.0. The van der Waals surface area contributed by atoms with Crippen LogP contribution in [-0.4, -0.2) is 61.2 Å². The van der Waals surface area contributed by atoms with Crippen LogP contribution in [-0.2, 0) is 6.54 Å². The van der Waals surface area contributed by atoms with E-state index in [4.69, 9.17) is 0 Å². The average Bonchev–Trinajstić information content (AvgIpc) is 3.32. The first-order valence-corrected chi connectivity index (χ1v) is 9.29. The van der Waals surface area contributed by atoms with E-state index < -0.39 is 0 Å². The van der Waals surface area contributed by atoms with Gasteiger partial charge in [0.05, 0.1) is 23.4 Å². The molecule has 29 heavy (non-hydrogen) atoms. The summed E-state index contributed by atoms with van der Waals surface area (Å²) in [5, 5.41) is 16.4. The number of likely N-dealkylation sites (N-methyl/N-ethyl adjacent to an activating group) is 1. The van der Waals surface area contributed by atoms with Crippen molar-refractivity contribution in [2.45, 2.75) is 13.5 Å². The summed E-state index contributed by atoms with van der Waals surface area (Å²) in [6.45, 7) is 3.42. The van der Waals surface area contributed by atoms with Gasteiger partial charge in [-0.3, -0.25) is 14.5 Å². The number of amides is 1. The number of aromatic nitrogens is 6. The van der Waals surface area contributed by atoms with Crippen molar-refractivity contribution in [2.24, 2.45) is 0 Å². The minimum absolute atomic E-state index is 0.251. The maximum absolute atomic E-state index is 12.7. The van der Waals surface area contributed by atoms with Crippen LogP contribution in [0.15, 0.2) is 48.8 Å². The molecule has 9 heteroatoms. The monoisotopic (exact) mass is 390 g/mol. The molecule has 1 N–H and O–H groups in total. The SMILES string of the molecule is Cc1c(C(=O)Nc2ccn(CCN(C)C)n2)nnn1-c1cccc2cccnc12. The van der Waals surface area contributed by atoms with Crippen LogP contribution in [0.1, 0.15) is 16.2 Å². The van der Waals surface area contributed by atoms with Gasteiger partial charge < -0.3 is 10.2 Å². The lowest BCUT2D eigenvalue weighted by Crippen LogP contribution is -2.19. The van der Waals surface area contributed by atoms with Crippen molar-refractivity contribution in [3.63, 3.8) is 0 Å². The second kappa shape index (κ2) is 7.80. The Kier molecular flexibility index (Phi) is 5.05. The smallest absolute Gasteiger partial charge is 0.279 e. The number of pyridine rings is 1. The van der Waals surface area contributed by atoms with Gasteiger partial charge in [-0.15, -0.1) is 5.10 Å². The summed E-state index contributed by atoms with van der Waals surface area (Å²) in [5.74, 6) is 0.134. The maximum atomic E-state index is 12.7. The van der Waals surface area contributed by atoms with Crippen LogP contribution < -0.4 is 5.32 Å². The molecule has 3 aromatic heterocycles. The number of carbonyl (C=O) groups excluding carboxylic acids is 1. The quantitative estimate of drug-likeness (QED) is 0.542. The zero-order chi connectivity index (χ0) is 20.4. The predicted octanol–water partition coefficient (Wildman–Crippen LogP) is 2.13. The number of anilines is 1. The second-order valence-electron chi connectivity index (χ2n) is 7.01. The fourth-order valence-electron chi connectivity index (χ4n) is 3.06. The largest absolute Gasteiger partial charge is 0.308 e. The van der Waals surface area contributed by atoms with Crippen LogP contribution >= 0.6 is 0 Å². The van der Waals surface area contributed by atoms with E-state index in [0.29, 0.717) is 11.5 Å². The number of nitrogens with one attached hydrogen (secondary N) is 1. The molecule has 0 aliphatic carbocycles. The Bertz CT molecular complexity index is 1150. The molecule has 1 amide bonds. The van der Waals surface area contributed by atoms with E-state index >= 15 is 0 Å². The van der Waals surface area contributed by atoms with Gasteiger partial charge in [0.1, 0.15) is 0 Å². The molecule has 0 saturated heterocycles. The summed E-state index contributed by atoms with van der Waals surface area (Å²) in [7, 11) is 4.01. The van der Waals surface area contributed by atoms with Crippen LogP contribution in [0.25, 0.3) is 16.6 Å². The number of nitrogens with zero attached hydrogens (tertiary/aromatic N) is 7. The highest BCUT2D eigenvalue weighted by molar-refractivity contribution is 6.03. The van der Waals surface area contributed by atoms with Crippen LogP contribution in [0.5, 0.6) is 0 Å². The molecular weight excluding hydrogens is 368 g/mol. The molecular formula is C20H22N8O. The lowest BCUT2D eigenvalue weighted by molar-refractivity contribution is 0.102. The Hall–Kier alpha value is -3.59. The third-order valence-corrected chi connectivity index (χ3v) is 4.61. The molecule has 0 spiro atoms. The van der Waals surface area contributed by atoms with Crippen molar-refractivity contribution >= 4 is 22.6 Å². The summed E-state index contributed by atoms with van der Waals surface area (Å²) in [5.41, 5.74) is 2.46. The highest BCUT2D eigenvalue weighted by Crippen LogP contribution is 2.21. The van der Waals surface area contributed by atoms with Gasteiger partial charge in [0.15, 0.2) is 11.5 Å². The molecule has 0 aliphatic rings. The number of rotatable bonds is 6. The zero-order valence-electron chi connectivity index (χ0n) is 16.6. The van der Waals surface area contributed by atoms with Crippen molar-refractivity contribution in [3.05, 3.63) is 60.2 Å².